The van der Waals surface area contributed by atoms with E-state index in [1.54, 1.807) is 7.11 Å². The van der Waals surface area contributed by atoms with Gasteiger partial charge in [-0.1, -0.05) is 0 Å². The maximum Gasteiger partial charge on any atom is 0.121 e. The summed E-state index contributed by atoms with van der Waals surface area (Å²) in [7, 11) is 3.72. The van der Waals surface area contributed by atoms with E-state index in [0.29, 0.717) is 6.04 Å². The van der Waals surface area contributed by atoms with Crippen LogP contribution < -0.4 is 15.0 Å². The highest BCUT2D eigenvalue weighted by molar-refractivity contribution is 9.10. The van der Waals surface area contributed by atoms with Crippen LogP contribution in [-0.2, 0) is 0 Å². The molecule has 0 amide bonds. The Labute approximate surface area is 105 Å². The van der Waals surface area contributed by atoms with Crippen LogP contribution in [0.3, 0.4) is 0 Å². The van der Waals surface area contributed by atoms with Crippen molar-refractivity contribution in [1.29, 1.82) is 0 Å². The number of halogens is 1. The predicted molar refractivity (Wildman–Crippen MR) is 70.4 cm³/mol. The Hall–Kier alpha value is -0.740. The highest BCUT2D eigenvalue weighted by atomic mass is 79.9. The van der Waals surface area contributed by atoms with Gasteiger partial charge in [0.25, 0.3) is 0 Å². The first-order valence-corrected chi connectivity index (χ1v) is 6.29. The molecule has 1 aromatic carbocycles. The zero-order chi connectivity index (χ0) is 11.5. The molecule has 1 atom stereocenters. The van der Waals surface area contributed by atoms with Gasteiger partial charge in [0.05, 0.1) is 12.8 Å². The topological polar surface area (TPSA) is 24.5 Å². The number of nitrogens with one attached hydrogen (secondary N) is 1. The van der Waals surface area contributed by atoms with Crippen LogP contribution in [0.25, 0.3) is 0 Å². The van der Waals surface area contributed by atoms with Crippen LogP contribution in [-0.4, -0.2) is 33.3 Å². The largest absolute Gasteiger partial charge is 0.497 e. The van der Waals surface area contributed by atoms with Gasteiger partial charge in [0.2, 0.25) is 0 Å². The van der Waals surface area contributed by atoms with E-state index < -0.39 is 0 Å². The first-order valence-electron chi connectivity index (χ1n) is 5.50. The molecule has 16 heavy (non-hydrogen) atoms. The maximum absolute atomic E-state index is 5.26. The van der Waals surface area contributed by atoms with Crippen molar-refractivity contribution in [1.82, 2.24) is 5.32 Å². The molecule has 1 N–H and O–H groups in total. The molecule has 88 valence electrons. The molecule has 1 aliphatic heterocycles. The summed E-state index contributed by atoms with van der Waals surface area (Å²) >= 11 is 3.59. The number of anilines is 1. The minimum Gasteiger partial charge on any atom is -0.497 e. The van der Waals surface area contributed by atoms with E-state index in [2.05, 4.69) is 32.2 Å². The number of hydrogen-bond acceptors (Lipinski definition) is 3. The Kier molecular flexibility index (Phi) is 3.71. The van der Waals surface area contributed by atoms with Crippen molar-refractivity contribution >= 4 is 21.6 Å². The van der Waals surface area contributed by atoms with Crippen molar-refractivity contribution in [2.45, 2.75) is 12.5 Å². The molecule has 1 fully saturated rings. The van der Waals surface area contributed by atoms with Crippen LogP contribution in [0, 0.1) is 0 Å². The summed E-state index contributed by atoms with van der Waals surface area (Å²) < 4.78 is 6.39. The zero-order valence-corrected chi connectivity index (χ0v) is 11.3. The Balaban J connectivity index is 2.20. The minimum atomic E-state index is 0.595. The molecule has 1 aromatic rings. The Morgan fingerprint density at radius 2 is 2.31 bits per heavy atom. The molecule has 0 radical (unpaired) electrons. The molecule has 1 aliphatic rings. The van der Waals surface area contributed by atoms with Crippen molar-refractivity contribution in [2.75, 3.05) is 32.1 Å². The number of hydrogen-bond donors (Lipinski definition) is 1. The van der Waals surface area contributed by atoms with Gasteiger partial charge in [-0.05, 0) is 41.5 Å². The van der Waals surface area contributed by atoms with Crippen molar-refractivity contribution in [3.63, 3.8) is 0 Å². The molecule has 1 saturated heterocycles. The highest BCUT2D eigenvalue weighted by Crippen LogP contribution is 2.32. The average molecular weight is 285 g/mol. The SMILES string of the molecule is CNC1CCN(c2cc(OC)ccc2Br)C1. The van der Waals surface area contributed by atoms with Crippen LogP contribution in [0.1, 0.15) is 6.42 Å². The van der Waals surface area contributed by atoms with Gasteiger partial charge in [-0.2, -0.15) is 0 Å². The van der Waals surface area contributed by atoms with E-state index in [0.717, 1.165) is 23.3 Å². The summed E-state index contributed by atoms with van der Waals surface area (Å²) in [4.78, 5) is 2.38. The number of ether oxygens (including phenoxy) is 1. The molecule has 1 heterocycles. The van der Waals surface area contributed by atoms with Crippen LogP contribution in [0.2, 0.25) is 0 Å². The first kappa shape index (κ1) is 11.7. The molecule has 0 bridgehead atoms. The molecular formula is C12H17BrN2O. The van der Waals surface area contributed by atoms with E-state index in [-0.39, 0.29) is 0 Å². The summed E-state index contributed by atoms with van der Waals surface area (Å²) in [5.74, 6) is 0.908. The molecule has 1 unspecified atom stereocenters. The van der Waals surface area contributed by atoms with Crippen molar-refractivity contribution < 1.29 is 4.74 Å². The first-order chi connectivity index (χ1) is 7.74. The molecule has 2 rings (SSSR count). The van der Waals surface area contributed by atoms with E-state index in [9.17, 15) is 0 Å². The number of methoxy groups -OCH3 is 1. The lowest BCUT2D eigenvalue weighted by molar-refractivity contribution is 0.414. The summed E-state index contributed by atoms with van der Waals surface area (Å²) in [5, 5.41) is 3.32. The van der Waals surface area contributed by atoms with Gasteiger partial charge in [0.15, 0.2) is 0 Å². The van der Waals surface area contributed by atoms with Gasteiger partial charge in [-0.3, -0.25) is 0 Å². The Morgan fingerprint density at radius 1 is 1.50 bits per heavy atom. The molecule has 0 saturated carbocycles. The van der Waals surface area contributed by atoms with Crippen molar-refractivity contribution in [3.05, 3.63) is 22.7 Å². The van der Waals surface area contributed by atoms with E-state index in [1.165, 1.54) is 12.1 Å². The number of benzene rings is 1. The Morgan fingerprint density at radius 3 is 2.94 bits per heavy atom. The Bertz CT molecular complexity index is 370. The van der Waals surface area contributed by atoms with Gasteiger partial charge in [-0.15, -0.1) is 0 Å². The van der Waals surface area contributed by atoms with E-state index in [4.69, 9.17) is 4.74 Å². The lowest BCUT2D eigenvalue weighted by atomic mass is 10.2. The second-order valence-corrected chi connectivity index (χ2v) is 4.89. The van der Waals surface area contributed by atoms with Crippen LogP contribution in [0.5, 0.6) is 5.75 Å². The van der Waals surface area contributed by atoms with Crippen molar-refractivity contribution in [3.8, 4) is 5.75 Å². The van der Waals surface area contributed by atoms with Gasteiger partial charge in [-0.25, -0.2) is 0 Å². The quantitative estimate of drug-likeness (QED) is 0.922. The molecular weight excluding hydrogens is 268 g/mol. The monoisotopic (exact) mass is 284 g/mol. The minimum absolute atomic E-state index is 0.595. The fourth-order valence-electron chi connectivity index (χ4n) is 2.08. The lowest BCUT2D eigenvalue weighted by Crippen LogP contribution is -2.29. The summed E-state index contributed by atoms with van der Waals surface area (Å²) in [5.41, 5.74) is 1.22. The molecule has 0 aliphatic carbocycles. The normalized spacial score (nSPS) is 20.2. The number of rotatable bonds is 3. The smallest absolute Gasteiger partial charge is 0.121 e. The summed E-state index contributed by atoms with van der Waals surface area (Å²) in [6, 6.07) is 6.69. The number of nitrogens with zero attached hydrogens (tertiary/aromatic N) is 1. The maximum atomic E-state index is 5.26. The predicted octanol–water partition coefficient (Wildman–Crippen LogP) is 2.26. The van der Waals surface area contributed by atoms with Crippen molar-refractivity contribution in [2.24, 2.45) is 0 Å². The molecule has 3 nitrogen and oxygen atoms in total. The zero-order valence-electron chi connectivity index (χ0n) is 9.66. The fraction of sp³-hybridized carbons (Fsp3) is 0.500. The fourth-order valence-corrected chi connectivity index (χ4v) is 2.57. The summed E-state index contributed by atoms with van der Waals surface area (Å²) in [6.45, 7) is 2.15. The van der Waals surface area contributed by atoms with E-state index >= 15 is 0 Å². The standard InChI is InChI=1S/C12H17BrN2O/c1-14-9-5-6-15(8-9)12-7-10(16-2)3-4-11(12)13/h3-4,7,9,14H,5-6,8H2,1-2H3. The molecule has 4 heteroatoms. The molecule has 0 spiro atoms. The third-order valence-corrected chi connectivity index (χ3v) is 3.76. The van der Waals surface area contributed by atoms with E-state index in [1.807, 2.05) is 19.2 Å². The van der Waals surface area contributed by atoms with Gasteiger partial charge >= 0.3 is 0 Å². The third kappa shape index (κ3) is 2.33. The molecule has 0 aromatic heterocycles. The van der Waals surface area contributed by atoms with Crippen LogP contribution >= 0.6 is 15.9 Å². The van der Waals surface area contributed by atoms with Crippen LogP contribution in [0.15, 0.2) is 22.7 Å². The lowest BCUT2D eigenvalue weighted by Gasteiger charge is -2.20. The summed E-state index contributed by atoms with van der Waals surface area (Å²) in [6.07, 6.45) is 1.19. The van der Waals surface area contributed by atoms with Crippen LogP contribution in [0.4, 0.5) is 5.69 Å². The number of likely N-dealkylation sites (N-methyl/N-ethyl adjacent to an activating group) is 1. The second-order valence-electron chi connectivity index (χ2n) is 4.04. The highest BCUT2D eigenvalue weighted by Gasteiger charge is 2.22. The second kappa shape index (κ2) is 5.06. The van der Waals surface area contributed by atoms with Gasteiger partial charge < -0.3 is 15.0 Å². The third-order valence-electron chi connectivity index (χ3n) is 3.09. The van der Waals surface area contributed by atoms with Gasteiger partial charge in [0, 0.05) is 29.7 Å². The van der Waals surface area contributed by atoms with Gasteiger partial charge in [0.1, 0.15) is 5.75 Å². The average Bonchev–Trinajstić information content (AvgIpc) is 2.78.